The summed E-state index contributed by atoms with van der Waals surface area (Å²) in [6.45, 7) is 0. The molecule has 0 rings (SSSR count). The van der Waals surface area contributed by atoms with Crippen LogP contribution in [0.25, 0.3) is 0 Å². The topological polar surface area (TPSA) is 130 Å². The van der Waals surface area contributed by atoms with Crippen LogP contribution in [0.2, 0.25) is 0 Å². The van der Waals surface area contributed by atoms with Gasteiger partial charge in [-0.1, -0.05) is 0 Å². The highest BCUT2D eigenvalue weighted by molar-refractivity contribution is 7.85. The predicted molar refractivity (Wildman–Crippen MR) is 40.6 cm³/mol. The molecule has 9 heteroatoms. The van der Waals surface area contributed by atoms with Crippen LogP contribution >= 0.6 is 0 Å². The molecule has 8 nitrogen and oxygen atoms in total. The Labute approximate surface area is 69.0 Å². The minimum atomic E-state index is -3.67. The second-order valence-electron chi connectivity index (χ2n) is 1.68. The zero-order valence-corrected chi connectivity index (χ0v) is 7.28. The van der Waals surface area contributed by atoms with E-state index in [1.165, 1.54) is 7.05 Å². The molecule has 0 aliphatic rings. The molecule has 2 amide bonds. The van der Waals surface area contributed by atoms with Crippen molar-refractivity contribution in [1.82, 2.24) is 5.01 Å². The van der Waals surface area contributed by atoms with E-state index < -0.39 is 16.1 Å². The van der Waals surface area contributed by atoms with Crippen LogP contribution in [0.5, 0.6) is 0 Å². The van der Waals surface area contributed by atoms with Crippen molar-refractivity contribution in [3.8, 4) is 0 Å². The molecular formula is C3H9N3O5S. The summed E-state index contributed by atoms with van der Waals surface area (Å²) in [5, 5.41) is 2.70. The number of nitroso groups, excluding NO2 is 1. The maximum absolute atomic E-state index is 9.78. The standard InChI is InChI=1S/C2H5N3O2.CH4O3S/c1-5(4-7)2(3)6;1-5(2,3)4/h1H3,(H2,3,6);1H3,(H,2,3,4). The van der Waals surface area contributed by atoms with Crippen molar-refractivity contribution in [3.05, 3.63) is 4.91 Å². The van der Waals surface area contributed by atoms with Gasteiger partial charge in [-0.3, -0.25) is 4.55 Å². The molecule has 0 aromatic heterocycles. The van der Waals surface area contributed by atoms with Crippen molar-refractivity contribution < 1.29 is 17.8 Å². The normalized spacial score (nSPS) is 9.25. The Kier molecular flexibility index (Phi) is 6.06. The minimum absolute atomic E-state index is 0.500. The van der Waals surface area contributed by atoms with Gasteiger partial charge >= 0.3 is 6.03 Å². The first-order valence-corrected chi connectivity index (χ1v) is 4.32. The Hall–Kier alpha value is -1.22. The highest BCUT2D eigenvalue weighted by atomic mass is 32.2. The molecule has 0 aromatic carbocycles. The fourth-order valence-electron chi connectivity index (χ4n) is 0.0402. The summed E-state index contributed by atoms with van der Waals surface area (Å²) in [5.74, 6) is 0. The largest absolute Gasteiger partial charge is 0.350 e. The SMILES string of the molecule is CN(N=O)C(N)=O.CS(=O)(=O)O. The van der Waals surface area contributed by atoms with E-state index in [2.05, 4.69) is 11.0 Å². The number of rotatable bonds is 1. The molecule has 0 bridgehead atoms. The highest BCUT2D eigenvalue weighted by Gasteiger charge is 1.97. The molecule has 0 aromatic rings. The second kappa shape index (κ2) is 5.43. The summed E-state index contributed by atoms with van der Waals surface area (Å²) in [6.07, 6.45) is 0.715. The van der Waals surface area contributed by atoms with Gasteiger partial charge in [0.1, 0.15) is 0 Å². The molecule has 0 fully saturated rings. The van der Waals surface area contributed by atoms with Gasteiger partial charge in [0.15, 0.2) is 0 Å². The maximum Gasteiger partial charge on any atom is 0.337 e. The van der Waals surface area contributed by atoms with E-state index in [0.29, 0.717) is 11.3 Å². The molecule has 0 radical (unpaired) electrons. The van der Waals surface area contributed by atoms with E-state index in [1.807, 2.05) is 0 Å². The Morgan fingerprint density at radius 1 is 1.58 bits per heavy atom. The minimum Gasteiger partial charge on any atom is -0.350 e. The van der Waals surface area contributed by atoms with Gasteiger partial charge in [-0.05, 0) is 0 Å². The predicted octanol–water partition coefficient (Wildman–Crippen LogP) is -0.818. The van der Waals surface area contributed by atoms with Crippen molar-refractivity contribution in [1.29, 1.82) is 0 Å². The Morgan fingerprint density at radius 2 is 1.83 bits per heavy atom. The molecule has 0 saturated carbocycles. The molecule has 0 atom stereocenters. The van der Waals surface area contributed by atoms with E-state index in [-0.39, 0.29) is 0 Å². The molecule has 0 saturated heterocycles. The first kappa shape index (κ1) is 13.4. The molecular weight excluding hydrogens is 190 g/mol. The lowest BCUT2D eigenvalue weighted by Crippen LogP contribution is -2.26. The molecule has 3 N–H and O–H groups in total. The van der Waals surface area contributed by atoms with E-state index in [1.54, 1.807) is 0 Å². The van der Waals surface area contributed by atoms with Gasteiger partial charge in [-0.25, -0.2) is 4.79 Å². The molecule has 0 aliphatic carbocycles. The summed E-state index contributed by atoms with van der Waals surface area (Å²) in [5.41, 5.74) is 4.54. The summed E-state index contributed by atoms with van der Waals surface area (Å²) in [4.78, 5) is 19.1. The van der Waals surface area contributed by atoms with Crippen molar-refractivity contribution >= 4 is 16.1 Å². The van der Waals surface area contributed by atoms with Crippen LogP contribution in [0.4, 0.5) is 4.79 Å². The van der Waals surface area contributed by atoms with Gasteiger partial charge in [0.2, 0.25) is 0 Å². The number of primary amides is 1. The van der Waals surface area contributed by atoms with Gasteiger partial charge in [0, 0.05) is 7.05 Å². The molecule has 0 heterocycles. The average molecular weight is 199 g/mol. The Morgan fingerprint density at radius 3 is 1.83 bits per heavy atom. The van der Waals surface area contributed by atoms with Crippen LogP contribution in [0.3, 0.4) is 0 Å². The lowest BCUT2D eigenvalue weighted by Gasteiger charge is -1.97. The number of nitrogens with zero attached hydrogens (tertiary/aromatic N) is 2. The van der Waals surface area contributed by atoms with E-state index >= 15 is 0 Å². The van der Waals surface area contributed by atoms with Crippen LogP contribution in [-0.2, 0) is 10.1 Å². The lowest BCUT2D eigenvalue weighted by atomic mass is 11.0. The third kappa shape index (κ3) is 23.3. The van der Waals surface area contributed by atoms with Gasteiger partial charge in [-0.15, -0.1) is 4.91 Å². The smallest absolute Gasteiger partial charge is 0.337 e. The number of nitrogens with two attached hydrogens (primary N) is 1. The van der Waals surface area contributed by atoms with Crippen LogP contribution in [0.1, 0.15) is 0 Å². The summed E-state index contributed by atoms with van der Waals surface area (Å²) >= 11 is 0. The van der Waals surface area contributed by atoms with Crippen LogP contribution in [0.15, 0.2) is 5.29 Å². The number of carbonyl (C=O) groups is 1. The molecule has 12 heavy (non-hydrogen) atoms. The maximum atomic E-state index is 9.78. The molecule has 72 valence electrons. The van der Waals surface area contributed by atoms with E-state index in [9.17, 15) is 18.1 Å². The summed E-state index contributed by atoms with van der Waals surface area (Å²) in [6, 6.07) is -0.852. The first-order valence-electron chi connectivity index (χ1n) is 2.47. The van der Waals surface area contributed by atoms with Crippen LogP contribution < -0.4 is 5.73 Å². The second-order valence-corrected chi connectivity index (χ2v) is 3.14. The number of carbonyl (C=O) groups excluding carboxylic acids is 1. The van der Waals surface area contributed by atoms with Crippen LogP contribution in [-0.4, -0.2) is 37.3 Å². The Bertz CT molecular complexity index is 239. The van der Waals surface area contributed by atoms with Crippen molar-refractivity contribution in [2.45, 2.75) is 0 Å². The van der Waals surface area contributed by atoms with Gasteiger partial charge in [0.05, 0.1) is 11.5 Å². The Balaban J connectivity index is 0. The highest BCUT2D eigenvalue weighted by Crippen LogP contribution is 1.76. The van der Waals surface area contributed by atoms with E-state index in [0.717, 1.165) is 0 Å². The molecule has 0 unspecified atom stereocenters. The number of hydrogen-bond acceptors (Lipinski definition) is 5. The molecule has 0 aliphatic heterocycles. The van der Waals surface area contributed by atoms with E-state index in [4.69, 9.17) is 4.55 Å². The van der Waals surface area contributed by atoms with Crippen molar-refractivity contribution in [2.24, 2.45) is 11.0 Å². The average Bonchev–Trinajstić information content (AvgIpc) is 1.82. The fourth-order valence-corrected chi connectivity index (χ4v) is 0.0402. The summed E-state index contributed by atoms with van der Waals surface area (Å²) in [7, 11) is -2.49. The van der Waals surface area contributed by atoms with Crippen molar-refractivity contribution in [3.63, 3.8) is 0 Å². The van der Waals surface area contributed by atoms with Gasteiger partial charge < -0.3 is 5.73 Å². The lowest BCUT2D eigenvalue weighted by molar-refractivity contribution is 0.220. The quantitative estimate of drug-likeness (QED) is 0.323. The number of amides is 2. The van der Waals surface area contributed by atoms with Gasteiger partial charge in [-0.2, -0.15) is 13.4 Å². The monoisotopic (exact) mass is 199 g/mol. The number of hydrogen-bond donors (Lipinski definition) is 2. The van der Waals surface area contributed by atoms with Crippen LogP contribution in [0, 0.1) is 4.91 Å². The first-order chi connectivity index (χ1) is 5.18. The fraction of sp³-hybridized carbons (Fsp3) is 0.667. The number of urea groups is 1. The summed E-state index contributed by atoms with van der Waals surface area (Å²) < 4.78 is 25.9. The molecule has 0 spiro atoms. The third-order valence-corrected chi connectivity index (χ3v) is 0.441. The third-order valence-electron chi connectivity index (χ3n) is 0.441. The van der Waals surface area contributed by atoms with Gasteiger partial charge in [0.25, 0.3) is 10.1 Å². The zero-order chi connectivity index (χ0) is 10.4. The van der Waals surface area contributed by atoms with Crippen molar-refractivity contribution in [2.75, 3.05) is 13.3 Å². The zero-order valence-electron chi connectivity index (χ0n) is 6.46.